The van der Waals surface area contributed by atoms with Gasteiger partial charge in [0.05, 0.1) is 24.7 Å². The summed E-state index contributed by atoms with van der Waals surface area (Å²) in [6, 6.07) is 8.65. The molecule has 1 aromatic carbocycles. The highest BCUT2D eigenvalue weighted by Gasteiger charge is 2.51. The van der Waals surface area contributed by atoms with E-state index in [1.807, 2.05) is 51.1 Å². The Morgan fingerprint density at radius 1 is 1.15 bits per heavy atom. The van der Waals surface area contributed by atoms with Crippen LogP contribution < -0.4 is 0 Å². The van der Waals surface area contributed by atoms with Crippen LogP contribution in [0.3, 0.4) is 0 Å². The number of rotatable bonds is 3. The van der Waals surface area contributed by atoms with Crippen LogP contribution in [0.5, 0.6) is 0 Å². The molecule has 2 aliphatic rings. The zero-order chi connectivity index (χ0) is 19.6. The number of likely N-dealkylation sites (tertiary alicyclic amines) is 1. The first-order chi connectivity index (χ1) is 12.8. The Morgan fingerprint density at radius 2 is 1.85 bits per heavy atom. The Kier molecular flexibility index (Phi) is 5.60. The van der Waals surface area contributed by atoms with Crippen molar-refractivity contribution in [2.75, 3.05) is 13.2 Å². The monoisotopic (exact) mass is 376 g/mol. The molecule has 3 atom stereocenters. The van der Waals surface area contributed by atoms with Crippen LogP contribution in [0.25, 0.3) is 0 Å². The van der Waals surface area contributed by atoms with Crippen LogP contribution in [-0.4, -0.2) is 64.0 Å². The molecule has 148 valence electrons. The molecule has 0 spiro atoms. The molecule has 0 radical (unpaired) electrons. The number of piperazine rings is 1. The topological polar surface area (TPSA) is 79.3 Å². The van der Waals surface area contributed by atoms with E-state index >= 15 is 0 Å². The molecule has 2 amide bonds. The van der Waals surface area contributed by atoms with Crippen LogP contribution in [-0.2, 0) is 16.1 Å². The van der Waals surface area contributed by atoms with Crippen molar-refractivity contribution in [2.45, 2.75) is 63.9 Å². The lowest BCUT2D eigenvalue weighted by Gasteiger charge is -2.45. The van der Waals surface area contributed by atoms with Crippen molar-refractivity contribution in [3.05, 3.63) is 35.9 Å². The van der Waals surface area contributed by atoms with Gasteiger partial charge >= 0.3 is 12.2 Å². The average molecular weight is 376 g/mol. The van der Waals surface area contributed by atoms with Gasteiger partial charge in [-0.1, -0.05) is 30.3 Å². The van der Waals surface area contributed by atoms with Gasteiger partial charge in [0, 0.05) is 6.54 Å². The Labute approximate surface area is 159 Å². The van der Waals surface area contributed by atoms with Gasteiger partial charge in [-0.15, -0.1) is 0 Å². The van der Waals surface area contributed by atoms with Crippen molar-refractivity contribution < 1.29 is 24.2 Å². The van der Waals surface area contributed by atoms with Gasteiger partial charge in [-0.05, 0) is 39.2 Å². The van der Waals surface area contributed by atoms with Crippen molar-refractivity contribution in [3.8, 4) is 0 Å². The molecule has 2 bridgehead atoms. The maximum atomic E-state index is 12.7. The van der Waals surface area contributed by atoms with Gasteiger partial charge in [-0.3, -0.25) is 9.80 Å². The number of benzene rings is 1. The highest BCUT2D eigenvalue weighted by molar-refractivity contribution is 5.72. The Balaban J connectivity index is 1.68. The van der Waals surface area contributed by atoms with Crippen molar-refractivity contribution in [3.63, 3.8) is 0 Å². The van der Waals surface area contributed by atoms with Crippen LogP contribution in [0.4, 0.5) is 9.59 Å². The third-order valence-corrected chi connectivity index (χ3v) is 5.03. The molecule has 1 N–H and O–H groups in total. The molecule has 2 heterocycles. The molecule has 0 aromatic heterocycles. The maximum absolute atomic E-state index is 12.7. The first kappa shape index (κ1) is 19.5. The molecule has 7 heteroatoms. The lowest BCUT2D eigenvalue weighted by atomic mass is 10.0. The van der Waals surface area contributed by atoms with E-state index in [2.05, 4.69) is 0 Å². The molecule has 2 saturated heterocycles. The number of hydrogen-bond acceptors (Lipinski definition) is 5. The number of fused-ring (bicyclic) bond motifs is 2. The first-order valence-electron chi connectivity index (χ1n) is 9.39. The van der Waals surface area contributed by atoms with Gasteiger partial charge in [0.1, 0.15) is 12.2 Å². The van der Waals surface area contributed by atoms with Crippen molar-refractivity contribution >= 4 is 12.2 Å². The standard InChI is InChI=1S/C20H28N2O5/c1-20(2,3)27-18(24)21-11-15-9-10-16(17(21)12-23)22(15)19(25)26-13-14-7-5-4-6-8-14/h4-8,15-17,23H,9-13H2,1-3H3/t15-,16+,17-/m1/s1. The summed E-state index contributed by atoms with van der Waals surface area (Å²) in [5, 5.41) is 9.91. The highest BCUT2D eigenvalue weighted by atomic mass is 16.6. The number of hydrogen-bond donors (Lipinski definition) is 1. The molecule has 27 heavy (non-hydrogen) atoms. The number of carbonyl (C=O) groups is 2. The number of nitrogens with zero attached hydrogens (tertiary/aromatic N) is 2. The maximum Gasteiger partial charge on any atom is 0.410 e. The van der Waals surface area contributed by atoms with E-state index < -0.39 is 23.8 Å². The number of ether oxygens (including phenoxy) is 2. The summed E-state index contributed by atoms with van der Waals surface area (Å²) in [7, 11) is 0. The number of carbonyl (C=O) groups excluding carboxylic acids is 2. The van der Waals surface area contributed by atoms with Gasteiger partial charge < -0.3 is 14.6 Å². The second kappa shape index (κ2) is 7.76. The van der Waals surface area contributed by atoms with E-state index in [-0.39, 0.29) is 25.3 Å². The molecular weight excluding hydrogens is 348 g/mol. The molecule has 1 aromatic rings. The minimum Gasteiger partial charge on any atom is -0.445 e. The smallest absolute Gasteiger partial charge is 0.410 e. The van der Waals surface area contributed by atoms with Crippen molar-refractivity contribution in [1.82, 2.24) is 9.80 Å². The second-order valence-electron chi connectivity index (χ2n) is 8.13. The van der Waals surface area contributed by atoms with Crippen LogP contribution in [0, 0.1) is 0 Å². The lowest BCUT2D eigenvalue weighted by Crippen LogP contribution is -2.64. The first-order valence-corrected chi connectivity index (χ1v) is 9.39. The minimum atomic E-state index is -0.609. The summed E-state index contributed by atoms with van der Waals surface area (Å²) in [5.74, 6) is 0. The van der Waals surface area contributed by atoms with Crippen LogP contribution in [0.15, 0.2) is 30.3 Å². The third kappa shape index (κ3) is 4.35. The summed E-state index contributed by atoms with van der Waals surface area (Å²) in [6.45, 7) is 5.76. The molecule has 0 aliphatic carbocycles. The fraction of sp³-hybridized carbons (Fsp3) is 0.600. The minimum absolute atomic E-state index is 0.117. The van der Waals surface area contributed by atoms with Gasteiger partial charge in [-0.2, -0.15) is 0 Å². The summed E-state index contributed by atoms with van der Waals surface area (Å²) in [4.78, 5) is 28.5. The molecule has 0 saturated carbocycles. The summed E-state index contributed by atoms with van der Waals surface area (Å²) < 4.78 is 11.0. The van der Waals surface area contributed by atoms with E-state index in [1.54, 1.807) is 9.80 Å². The van der Waals surface area contributed by atoms with Gasteiger partial charge in [0.2, 0.25) is 0 Å². The zero-order valence-corrected chi connectivity index (χ0v) is 16.1. The summed E-state index contributed by atoms with van der Waals surface area (Å²) >= 11 is 0. The zero-order valence-electron chi connectivity index (χ0n) is 16.1. The molecule has 2 fully saturated rings. The van der Waals surface area contributed by atoms with Crippen LogP contribution >= 0.6 is 0 Å². The molecule has 3 rings (SSSR count). The third-order valence-electron chi connectivity index (χ3n) is 5.03. The second-order valence-corrected chi connectivity index (χ2v) is 8.13. The summed E-state index contributed by atoms with van der Waals surface area (Å²) in [6.07, 6.45) is 0.667. The van der Waals surface area contributed by atoms with E-state index in [0.717, 1.165) is 18.4 Å². The van der Waals surface area contributed by atoms with E-state index in [1.165, 1.54) is 0 Å². The number of aliphatic hydroxyl groups is 1. The fourth-order valence-corrected chi connectivity index (χ4v) is 3.87. The Bertz CT molecular complexity index is 673. The number of amides is 2. The predicted octanol–water partition coefficient (Wildman–Crippen LogP) is 2.77. The van der Waals surface area contributed by atoms with E-state index in [0.29, 0.717) is 6.54 Å². The van der Waals surface area contributed by atoms with Crippen molar-refractivity contribution in [2.24, 2.45) is 0 Å². The van der Waals surface area contributed by atoms with Crippen molar-refractivity contribution in [1.29, 1.82) is 0 Å². The lowest BCUT2D eigenvalue weighted by molar-refractivity contribution is -0.0338. The largest absolute Gasteiger partial charge is 0.445 e. The van der Waals surface area contributed by atoms with E-state index in [9.17, 15) is 14.7 Å². The summed E-state index contributed by atoms with van der Waals surface area (Å²) in [5.41, 5.74) is 0.311. The van der Waals surface area contributed by atoms with Crippen LogP contribution in [0.2, 0.25) is 0 Å². The molecule has 2 aliphatic heterocycles. The van der Waals surface area contributed by atoms with E-state index in [4.69, 9.17) is 9.47 Å². The van der Waals surface area contributed by atoms with Crippen LogP contribution in [0.1, 0.15) is 39.2 Å². The predicted molar refractivity (Wildman–Crippen MR) is 99.1 cm³/mol. The average Bonchev–Trinajstić information content (AvgIpc) is 2.93. The number of aliphatic hydroxyl groups excluding tert-OH is 1. The fourth-order valence-electron chi connectivity index (χ4n) is 3.87. The molecule has 0 unspecified atom stereocenters. The quantitative estimate of drug-likeness (QED) is 0.877. The molecule has 7 nitrogen and oxygen atoms in total. The Morgan fingerprint density at radius 3 is 2.48 bits per heavy atom. The van der Waals surface area contributed by atoms with Gasteiger partial charge in [0.25, 0.3) is 0 Å². The van der Waals surface area contributed by atoms with Gasteiger partial charge in [-0.25, -0.2) is 9.59 Å². The Hall–Kier alpha value is -2.28. The SMILES string of the molecule is CC(C)(C)OC(=O)N1C[C@H]2CC[C@@H]([C@H]1CO)N2C(=O)OCc1ccccc1. The highest BCUT2D eigenvalue weighted by Crippen LogP contribution is 2.35. The normalized spacial score (nSPS) is 24.7. The van der Waals surface area contributed by atoms with Gasteiger partial charge in [0.15, 0.2) is 0 Å². The molecular formula is C20H28N2O5.